The van der Waals surface area contributed by atoms with Crippen LogP contribution >= 0.6 is 0 Å². The lowest BCUT2D eigenvalue weighted by molar-refractivity contribution is 0.331. The van der Waals surface area contributed by atoms with E-state index in [1.54, 1.807) is 6.07 Å². The molecule has 2 aromatic rings. The van der Waals surface area contributed by atoms with Crippen molar-refractivity contribution in [1.29, 1.82) is 0 Å². The number of anilines is 1. The molecule has 2 aromatic carbocycles. The van der Waals surface area contributed by atoms with Crippen molar-refractivity contribution >= 4 is 5.69 Å². The Bertz CT molecular complexity index is 526. The van der Waals surface area contributed by atoms with Gasteiger partial charge < -0.3 is 10.6 Å². The smallest absolute Gasteiger partial charge is 0.125 e. The second kappa shape index (κ2) is 6.34. The van der Waals surface area contributed by atoms with E-state index in [1.165, 1.54) is 17.7 Å². The third kappa shape index (κ3) is 4.07. The first-order valence-corrected chi connectivity index (χ1v) is 6.41. The van der Waals surface area contributed by atoms with Crippen LogP contribution in [-0.4, -0.2) is 18.5 Å². The van der Waals surface area contributed by atoms with Crippen molar-refractivity contribution in [3.63, 3.8) is 0 Å². The van der Waals surface area contributed by atoms with Gasteiger partial charge in [0, 0.05) is 18.8 Å². The topological polar surface area (TPSA) is 29.3 Å². The molecule has 0 radical (unpaired) electrons. The average Bonchev–Trinajstić information content (AvgIpc) is 2.41. The number of hydrogen-bond donors (Lipinski definition) is 1. The van der Waals surface area contributed by atoms with Gasteiger partial charge in [-0.05, 0) is 36.7 Å². The summed E-state index contributed by atoms with van der Waals surface area (Å²) in [5, 5.41) is 0. The summed E-state index contributed by atoms with van der Waals surface area (Å²) in [5.41, 5.74) is 8.62. The fourth-order valence-corrected chi connectivity index (χ4v) is 2.04. The van der Waals surface area contributed by atoms with Crippen LogP contribution in [0, 0.1) is 5.82 Å². The summed E-state index contributed by atoms with van der Waals surface area (Å²) in [6, 6.07) is 15.0. The first-order valence-electron chi connectivity index (χ1n) is 6.41. The summed E-state index contributed by atoms with van der Waals surface area (Å²) in [6.45, 7) is 1.68. The van der Waals surface area contributed by atoms with Gasteiger partial charge in [0.15, 0.2) is 0 Å². The second-order valence-corrected chi connectivity index (χ2v) is 4.82. The predicted octanol–water partition coefficient (Wildman–Crippen LogP) is 3.08. The lowest BCUT2D eigenvalue weighted by atomic mass is 10.1. The van der Waals surface area contributed by atoms with Crippen LogP contribution in [0.15, 0.2) is 48.5 Å². The number of benzene rings is 2. The van der Waals surface area contributed by atoms with Gasteiger partial charge in [-0.2, -0.15) is 0 Å². The average molecular weight is 258 g/mol. The van der Waals surface area contributed by atoms with E-state index < -0.39 is 0 Å². The van der Waals surface area contributed by atoms with Crippen LogP contribution in [0.5, 0.6) is 0 Å². The molecule has 2 N–H and O–H groups in total. The SMILES string of the molecule is CN(CCc1ccccc1)Cc1ccc(F)cc1N. The van der Waals surface area contributed by atoms with Crippen molar-refractivity contribution in [1.82, 2.24) is 4.90 Å². The molecule has 0 aliphatic heterocycles. The van der Waals surface area contributed by atoms with Crippen molar-refractivity contribution in [2.24, 2.45) is 0 Å². The number of nitrogens with zero attached hydrogens (tertiary/aromatic N) is 1. The van der Waals surface area contributed by atoms with E-state index in [1.807, 2.05) is 25.2 Å². The molecule has 0 bridgehead atoms. The molecule has 0 aliphatic carbocycles. The monoisotopic (exact) mass is 258 g/mol. The third-order valence-electron chi connectivity index (χ3n) is 3.17. The molecule has 19 heavy (non-hydrogen) atoms. The number of hydrogen-bond acceptors (Lipinski definition) is 2. The molecule has 0 aromatic heterocycles. The molecule has 0 saturated heterocycles. The van der Waals surface area contributed by atoms with Crippen LogP contribution in [0.1, 0.15) is 11.1 Å². The van der Waals surface area contributed by atoms with Gasteiger partial charge >= 0.3 is 0 Å². The molecule has 0 amide bonds. The van der Waals surface area contributed by atoms with E-state index in [2.05, 4.69) is 17.0 Å². The summed E-state index contributed by atoms with van der Waals surface area (Å²) in [4.78, 5) is 2.19. The van der Waals surface area contributed by atoms with Crippen molar-refractivity contribution in [3.8, 4) is 0 Å². The Labute approximate surface area is 113 Å². The van der Waals surface area contributed by atoms with Crippen molar-refractivity contribution < 1.29 is 4.39 Å². The molecule has 0 fully saturated rings. The maximum absolute atomic E-state index is 13.0. The highest BCUT2D eigenvalue weighted by Gasteiger charge is 2.05. The van der Waals surface area contributed by atoms with Gasteiger partial charge in [-0.25, -0.2) is 4.39 Å². The molecule has 2 nitrogen and oxygen atoms in total. The minimum absolute atomic E-state index is 0.284. The summed E-state index contributed by atoms with van der Waals surface area (Å²) in [7, 11) is 2.05. The standard InChI is InChI=1S/C16H19FN2/c1-19(10-9-13-5-3-2-4-6-13)12-14-7-8-15(17)11-16(14)18/h2-8,11H,9-10,12,18H2,1H3. The van der Waals surface area contributed by atoms with E-state index in [9.17, 15) is 4.39 Å². The fourth-order valence-electron chi connectivity index (χ4n) is 2.04. The highest BCUT2D eigenvalue weighted by atomic mass is 19.1. The van der Waals surface area contributed by atoms with Gasteiger partial charge in [0.2, 0.25) is 0 Å². The van der Waals surface area contributed by atoms with Gasteiger partial charge in [0.25, 0.3) is 0 Å². The Morgan fingerprint density at radius 1 is 1.11 bits per heavy atom. The maximum atomic E-state index is 13.0. The number of nitrogens with two attached hydrogens (primary N) is 1. The van der Waals surface area contributed by atoms with Crippen LogP contribution in [-0.2, 0) is 13.0 Å². The van der Waals surface area contributed by atoms with Crippen molar-refractivity contribution in [3.05, 3.63) is 65.5 Å². The molecule has 0 unspecified atom stereocenters. The second-order valence-electron chi connectivity index (χ2n) is 4.82. The van der Waals surface area contributed by atoms with E-state index in [0.29, 0.717) is 5.69 Å². The summed E-state index contributed by atoms with van der Waals surface area (Å²) in [6.07, 6.45) is 0.998. The van der Waals surface area contributed by atoms with Gasteiger partial charge in [-0.3, -0.25) is 0 Å². The van der Waals surface area contributed by atoms with Crippen LogP contribution in [0.2, 0.25) is 0 Å². The fraction of sp³-hybridized carbons (Fsp3) is 0.250. The van der Waals surface area contributed by atoms with Gasteiger partial charge in [-0.1, -0.05) is 36.4 Å². The molecule has 2 rings (SSSR count). The minimum Gasteiger partial charge on any atom is -0.398 e. The Kier molecular flexibility index (Phi) is 4.53. The van der Waals surface area contributed by atoms with E-state index in [-0.39, 0.29) is 5.82 Å². The number of nitrogen functional groups attached to an aromatic ring is 1. The highest BCUT2D eigenvalue weighted by Crippen LogP contribution is 2.15. The summed E-state index contributed by atoms with van der Waals surface area (Å²) in [5.74, 6) is -0.284. The Morgan fingerprint density at radius 3 is 2.53 bits per heavy atom. The van der Waals surface area contributed by atoms with Crippen LogP contribution in [0.25, 0.3) is 0 Å². The summed E-state index contributed by atoms with van der Waals surface area (Å²) >= 11 is 0. The quantitative estimate of drug-likeness (QED) is 0.835. The van der Waals surface area contributed by atoms with Crippen LogP contribution < -0.4 is 5.73 Å². The molecular weight excluding hydrogens is 239 g/mol. The normalized spacial score (nSPS) is 10.9. The van der Waals surface area contributed by atoms with E-state index >= 15 is 0 Å². The third-order valence-corrected chi connectivity index (χ3v) is 3.17. The van der Waals surface area contributed by atoms with Crippen molar-refractivity contribution in [2.45, 2.75) is 13.0 Å². The zero-order valence-electron chi connectivity index (χ0n) is 11.1. The molecule has 100 valence electrons. The van der Waals surface area contributed by atoms with Crippen LogP contribution in [0.4, 0.5) is 10.1 Å². The van der Waals surface area contributed by atoms with E-state index in [0.717, 1.165) is 25.1 Å². The van der Waals surface area contributed by atoms with E-state index in [4.69, 9.17) is 5.73 Å². The molecule has 0 saturated carbocycles. The van der Waals surface area contributed by atoms with Crippen molar-refractivity contribution in [2.75, 3.05) is 19.3 Å². The highest BCUT2D eigenvalue weighted by molar-refractivity contribution is 5.46. The molecule has 0 heterocycles. The maximum Gasteiger partial charge on any atom is 0.125 e. The number of halogens is 1. The summed E-state index contributed by atoms with van der Waals surface area (Å²) < 4.78 is 13.0. The first kappa shape index (κ1) is 13.6. The Morgan fingerprint density at radius 2 is 1.84 bits per heavy atom. The van der Waals surface area contributed by atoms with Gasteiger partial charge in [0.1, 0.15) is 5.82 Å². The molecule has 0 spiro atoms. The zero-order valence-corrected chi connectivity index (χ0v) is 11.1. The molecule has 0 aliphatic rings. The molecule has 3 heteroatoms. The lowest BCUT2D eigenvalue weighted by Gasteiger charge is -2.17. The predicted molar refractivity (Wildman–Crippen MR) is 77.3 cm³/mol. The Balaban J connectivity index is 1.89. The number of rotatable bonds is 5. The first-order chi connectivity index (χ1) is 9.15. The molecular formula is C16H19FN2. The van der Waals surface area contributed by atoms with Gasteiger partial charge in [-0.15, -0.1) is 0 Å². The lowest BCUT2D eigenvalue weighted by Crippen LogP contribution is -2.21. The Hall–Kier alpha value is -1.87. The van der Waals surface area contributed by atoms with Gasteiger partial charge in [0.05, 0.1) is 0 Å². The minimum atomic E-state index is -0.284. The zero-order chi connectivity index (χ0) is 13.7. The molecule has 0 atom stereocenters. The van der Waals surface area contributed by atoms with Crippen LogP contribution in [0.3, 0.4) is 0 Å². The largest absolute Gasteiger partial charge is 0.398 e. The number of likely N-dealkylation sites (N-methyl/N-ethyl adjacent to an activating group) is 1.